The second-order valence-corrected chi connectivity index (χ2v) is 7.11. The van der Waals surface area contributed by atoms with Crippen LogP contribution in [0.2, 0.25) is 0 Å². The van der Waals surface area contributed by atoms with E-state index >= 15 is 0 Å². The van der Waals surface area contributed by atoms with Crippen molar-refractivity contribution in [1.82, 2.24) is 25.1 Å². The molecular weight excluding hydrogens is 365 g/mol. The molecule has 0 bridgehead atoms. The number of amides is 1. The molecule has 0 radical (unpaired) electrons. The van der Waals surface area contributed by atoms with Crippen LogP contribution in [0.4, 0.5) is 4.39 Å². The van der Waals surface area contributed by atoms with Crippen LogP contribution in [0, 0.1) is 5.82 Å². The maximum atomic E-state index is 13.2. The van der Waals surface area contributed by atoms with Gasteiger partial charge in [-0.25, -0.2) is 14.1 Å². The number of hydrogen-bond acceptors (Lipinski definition) is 5. The van der Waals surface area contributed by atoms with E-state index in [0.717, 1.165) is 16.3 Å². The molecule has 0 saturated heterocycles. The number of pyridine rings is 1. The molecule has 0 spiro atoms. The van der Waals surface area contributed by atoms with Crippen LogP contribution in [0.15, 0.2) is 49.1 Å². The summed E-state index contributed by atoms with van der Waals surface area (Å²) in [6.45, 7) is 2.46. The number of aryl methyl sites for hydroxylation is 1. The normalized spacial score (nSPS) is 11.0. The second kappa shape index (κ2) is 7.24. The van der Waals surface area contributed by atoms with Crippen molar-refractivity contribution in [1.29, 1.82) is 0 Å². The Morgan fingerprint density at radius 2 is 2.00 bits per heavy atom. The highest BCUT2D eigenvalue weighted by Crippen LogP contribution is 2.21. The summed E-state index contributed by atoms with van der Waals surface area (Å²) in [5.41, 5.74) is 1.82. The van der Waals surface area contributed by atoms with Crippen molar-refractivity contribution in [3.05, 3.63) is 70.3 Å². The lowest BCUT2D eigenvalue weighted by molar-refractivity contribution is 0.0952. The lowest BCUT2D eigenvalue weighted by Crippen LogP contribution is -2.22. The smallest absolute Gasteiger partial charge is 0.253 e. The molecular formula is C19H16FN5OS. The standard InChI is InChI=1S/C19H16FN5OS/c1-2-18-22-7-14(27-18)8-23-19(26)16-9-21-11-17-15(16)10-24-25(17)13-5-3-12(20)4-6-13/h3-7,9-11H,2,8H2,1H3,(H,23,26). The van der Waals surface area contributed by atoms with Crippen molar-refractivity contribution in [3.8, 4) is 5.69 Å². The van der Waals surface area contributed by atoms with Crippen LogP contribution in [-0.2, 0) is 13.0 Å². The minimum Gasteiger partial charge on any atom is -0.347 e. The first-order chi connectivity index (χ1) is 13.2. The first-order valence-corrected chi connectivity index (χ1v) is 9.27. The third kappa shape index (κ3) is 3.43. The van der Waals surface area contributed by atoms with Crippen LogP contribution >= 0.6 is 11.3 Å². The number of hydrogen-bond donors (Lipinski definition) is 1. The molecule has 0 aliphatic heterocycles. The van der Waals surface area contributed by atoms with Gasteiger partial charge in [0.25, 0.3) is 5.91 Å². The van der Waals surface area contributed by atoms with E-state index in [2.05, 4.69) is 20.4 Å². The number of thiazole rings is 1. The number of benzene rings is 1. The molecule has 0 aliphatic carbocycles. The Morgan fingerprint density at radius 3 is 2.74 bits per heavy atom. The predicted octanol–water partition coefficient (Wildman–Crippen LogP) is 3.51. The summed E-state index contributed by atoms with van der Waals surface area (Å²) < 4.78 is 14.8. The molecule has 0 fully saturated rings. The van der Waals surface area contributed by atoms with E-state index in [1.54, 1.807) is 46.7 Å². The monoisotopic (exact) mass is 381 g/mol. The van der Waals surface area contributed by atoms with Crippen LogP contribution < -0.4 is 5.32 Å². The van der Waals surface area contributed by atoms with E-state index in [1.165, 1.54) is 18.3 Å². The van der Waals surface area contributed by atoms with Gasteiger partial charge in [-0.15, -0.1) is 11.3 Å². The molecule has 4 rings (SSSR count). The molecule has 8 heteroatoms. The maximum absolute atomic E-state index is 13.2. The van der Waals surface area contributed by atoms with Crippen molar-refractivity contribution >= 4 is 28.1 Å². The van der Waals surface area contributed by atoms with Gasteiger partial charge in [0.15, 0.2) is 0 Å². The van der Waals surface area contributed by atoms with Gasteiger partial charge in [-0.05, 0) is 30.7 Å². The molecule has 1 N–H and O–H groups in total. The number of fused-ring (bicyclic) bond motifs is 1. The lowest BCUT2D eigenvalue weighted by Gasteiger charge is -2.06. The summed E-state index contributed by atoms with van der Waals surface area (Å²) in [6.07, 6.45) is 7.45. The SMILES string of the molecule is CCc1ncc(CNC(=O)c2cncc3c2cnn3-c2ccc(F)cc2)s1. The molecule has 0 aliphatic rings. The average Bonchev–Trinajstić information content (AvgIpc) is 3.33. The van der Waals surface area contributed by atoms with Gasteiger partial charge in [-0.3, -0.25) is 9.78 Å². The van der Waals surface area contributed by atoms with Gasteiger partial charge >= 0.3 is 0 Å². The highest BCUT2D eigenvalue weighted by Gasteiger charge is 2.15. The Balaban J connectivity index is 1.60. The number of aromatic nitrogens is 4. The summed E-state index contributed by atoms with van der Waals surface area (Å²) in [6, 6.07) is 5.99. The fraction of sp³-hybridized carbons (Fsp3) is 0.158. The third-order valence-electron chi connectivity index (χ3n) is 4.14. The molecule has 27 heavy (non-hydrogen) atoms. The quantitative estimate of drug-likeness (QED) is 0.574. The molecule has 3 aromatic heterocycles. The molecule has 0 atom stereocenters. The van der Waals surface area contributed by atoms with Gasteiger partial charge in [0.2, 0.25) is 0 Å². The Labute approximate surface area is 158 Å². The maximum Gasteiger partial charge on any atom is 0.253 e. The molecule has 6 nitrogen and oxygen atoms in total. The molecule has 136 valence electrons. The highest BCUT2D eigenvalue weighted by molar-refractivity contribution is 7.11. The van der Waals surface area contributed by atoms with Gasteiger partial charge in [-0.2, -0.15) is 5.10 Å². The minimum absolute atomic E-state index is 0.224. The molecule has 1 aromatic carbocycles. The predicted molar refractivity (Wildman–Crippen MR) is 101 cm³/mol. The zero-order valence-corrected chi connectivity index (χ0v) is 15.3. The number of halogens is 1. The van der Waals surface area contributed by atoms with Crippen LogP contribution in [-0.4, -0.2) is 25.7 Å². The van der Waals surface area contributed by atoms with Crippen LogP contribution in [0.5, 0.6) is 0 Å². The van der Waals surface area contributed by atoms with Gasteiger partial charge < -0.3 is 5.32 Å². The minimum atomic E-state index is -0.317. The van der Waals surface area contributed by atoms with Crippen molar-refractivity contribution in [2.24, 2.45) is 0 Å². The fourth-order valence-corrected chi connectivity index (χ4v) is 3.57. The number of carbonyl (C=O) groups is 1. The van der Waals surface area contributed by atoms with E-state index in [1.807, 2.05) is 6.92 Å². The number of rotatable bonds is 5. The summed E-state index contributed by atoms with van der Waals surface area (Å²) >= 11 is 1.59. The molecule has 0 saturated carbocycles. The Hall–Kier alpha value is -3.13. The van der Waals surface area contributed by atoms with E-state index in [4.69, 9.17) is 0 Å². The topological polar surface area (TPSA) is 72.7 Å². The van der Waals surface area contributed by atoms with Crippen LogP contribution in [0.1, 0.15) is 27.2 Å². The molecule has 0 unspecified atom stereocenters. The fourth-order valence-electron chi connectivity index (χ4n) is 2.77. The van der Waals surface area contributed by atoms with E-state index in [-0.39, 0.29) is 11.7 Å². The van der Waals surface area contributed by atoms with Crippen LogP contribution in [0.25, 0.3) is 16.6 Å². The van der Waals surface area contributed by atoms with Gasteiger partial charge in [-0.1, -0.05) is 6.92 Å². The Morgan fingerprint density at radius 1 is 1.19 bits per heavy atom. The van der Waals surface area contributed by atoms with Gasteiger partial charge in [0.05, 0.1) is 40.7 Å². The Kier molecular flexibility index (Phi) is 4.64. The molecule has 4 aromatic rings. The summed E-state index contributed by atoms with van der Waals surface area (Å²) in [5, 5.41) is 8.97. The van der Waals surface area contributed by atoms with E-state index in [0.29, 0.717) is 28.7 Å². The Bertz CT molecular complexity index is 1100. The first-order valence-electron chi connectivity index (χ1n) is 8.45. The number of nitrogens with zero attached hydrogens (tertiary/aromatic N) is 4. The van der Waals surface area contributed by atoms with Crippen molar-refractivity contribution in [2.75, 3.05) is 0 Å². The zero-order chi connectivity index (χ0) is 18.8. The van der Waals surface area contributed by atoms with Crippen molar-refractivity contribution < 1.29 is 9.18 Å². The van der Waals surface area contributed by atoms with Gasteiger partial charge in [0.1, 0.15) is 5.82 Å². The van der Waals surface area contributed by atoms with E-state index in [9.17, 15) is 9.18 Å². The van der Waals surface area contributed by atoms with E-state index < -0.39 is 0 Å². The first kappa shape index (κ1) is 17.3. The number of carbonyl (C=O) groups excluding carboxylic acids is 1. The van der Waals surface area contributed by atoms with Crippen molar-refractivity contribution in [2.45, 2.75) is 19.9 Å². The average molecular weight is 381 g/mol. The largest absolute Gasteiger partial charge is 0.347 e. The van der Waals surface area contributed by atoms with Crippen molar-refractivity contribution in [3.63, 3.8) is 0 Å². The summed E-state index contributed by atoms with van der Waals surface area (Å²) in [4.78, 5) is 22.1. The van der Waals surface area contributed by atoms with Gasteiger partial charge in [0, 0.05) is 22.7 Å². The third-order valence-corrected chi connectivity index (χ3v) is 5.28. The second-order valence-electron chi connectivity index (χ2n) is 5.91. The summed E-state index contributed by atoms with van der Waals surface area (Å²) in [5.74, 6) is -0.541. The highest BCUT2D eigenvalue weighted by atomic mass is 32.1. The number of nitrogens with one attached hydrogen (secondary N) is 1. The molecule has 3 heterocycles. The lowest BCUT2D eigenvalue weighted by atomic mass is 10.2. The zero-order valence-electron chi connectivity index (χ0n) is 14.5. The molecule has 1 amide bonds. The summed E-state index contributed by atoms with van der Waals surface area (Å²) in [7, 11) is 0. The van der Waals surface area contributed by atoms with Crippen LogP contribution in [0.3, 0.4) is 0 Å².